The quantitative estimate of drug-likeness (QED) is 0.290. The number of esters is 1. The average Bonchev–Trinajstić information content (AvgIpc) is 3.05. The molecule has 1 saturated heterocycles. The molecule has 1 fully saturated rings. The van der Waals surface area contributed by atoms with Crippen LogP contribution in [-0.2, 0) is 14.3 Å². The third-order valence-corrected chi connectivity index (χ3v) is 3.49. The van der Waals surface area contributed by atoms with Gasteiger partial charge >= 0.3 is 5.97 Å². The maximum Gasteiger partial charge on any atom is 0.330 e. The van der Waals surface area contributed by atoms with Gasteiger partial charge in [-0.25, -0.2) is 4.79 Å². The van der Waals surface area contributed by atoms with Crippen molar-refractivity contribution in [3.63, 3.8) is 0 Å². The van der Waals surface area contributed by atoms with E-state index in [4.69, 9.17) is 4.74 Å². The molecule has 0 aliphatic carbocycles. The predicted octanol–water partition coefficient (Wildman–Crippen LogP) is 3.79. The molecule has 0 aromatic carbocycles. The Hall–Kier alpha value is -1.09. The largest absolute Gasteiger partial charge is 0.466 e. The summed E-state index contributed by atoms with van der Waals surface area (Å²) in [6.45, 7) is 6.27. The van der Waals surface area contributed by atoms with Crippen molar-refractivity contribution >= 4 is 5.97 Å². The summed E-state index contributed by atoms with van der Waals surface area (Å²) in [5.41, 5.74) is 2.50. The Morgan fingerprint density at radius 2 is 1.95 bits per heavy atom. The average molecular weight is 266 g/mol. The molecule has 3 heteroatoms. The number of rotatable bonds is 8. The van der Waals surface area contributed by atoms with E-state index in [0.29, 0.717) is 12.2 Å². The van der Waals surface area contributed by atoms with Gasteiger partial charge in [0.25, 0.3) is 0 Å². The van der Waals surface area contributed by atoms with Crippen LogP contribution in [0.2, 0.25) is 0 Å². The zero-order valence-corrected chi connectivity index (χ0v) is 12.6. The minimum absolute atomic E-state index is 0.267. The predicted molar refractivity (Wildman–Crippen MR) is 77.0 cm³/mol. The van der Waals surface area contributed by atoms with Gasteiger partial charge < -0.3 is 9.47 Å². The standard InChI is InChI=1S/C16H26O3/c1-12(8-6-10-15-14(3)19-15)7-5-9-13(2)11-16(17)18-4/h7,11,14-15H,5-6,8-10H2,1-4H3/b12-7+,13-11+. The Morgan fingerprint density at radius 1 is 1.26 bits per heavy atom. The molecule has 0 aromatic heterocycles. The first-order valence-corrected chi connectivity index (χ1v) is 7.09. The summed E-state index contributed by atoms with van der Waals surface area (Å²) in [6.07, 6.45) is 10.2. The van der Waals surface area contributed by atoms with E-state index in [0.717, 1.165) is 24.8 Å². The van der Waals surface area contributed by atoms with Gasteiger partial charge in [0.1, 0.15) is 0 Å². The highest BCUT2D eigenvalue weighted by molar-refractivity contribution is 5.82. The maximum absolute atomic E-state index is 11.0. The topological polar surface area (TPSA) is 38.8 Å². The molecule has 0 spiro atoms. The summed E-state index contributed by atoms with van der Waals surface area (Å²) >= 11 is 0. The Kier molecular flexibility index (Phi) is 6.85. The number of carbonyl (C=O) groups excluding carboxylic acids is 1. The molecule has 0 saturated carbocycles. The highest BCUT2D eigenvalue weighted by atomic mass is 16.6. The summed E-state index contributed by atoms with van der Waals surface area (Å²) in [5.74, 6) is -0.267. The Morgan fingerprint density at radius 3 is 2.53 bits per heavy atom. The molecule has 19 heavy (non-hydrogen) atoms. The number of ether oxygens (including phenoxy) is 2. The van der Waals surface area contributed by atoms with Crippen LogP contribution in [-0.4, -0.2) is 25.3 Å². The number of methoxy groups -OCH3 is 1. The zero-order valence-electron chi connectivity index (χ0n) is 12.6. The molecule has 108 valence electrons. The fourth-order valence-corrected chi connectivity index (χ4v) is 2.10. The lowest BCUT2D eigenvalue weighted by Crippen LogP contribution is -1.95. The summed E-state index contributed by atoms with van der Waals surface area (Å²) < 4.78 is 9.98. The molecule has 0 bridgehead atoms. The van der Waals surface area contributed by atoms with Gasteiger partial charge in [0, 0.05) is 6.08 Å². The minimum atomic E-state index is -0.267. The normalized spacial score (nSPS) is 23.4. The highest BCUT2D eigenvalue weighted by Gasteiger charge is 2.32. The van der Waals surface area contributed by atoms with Gasteiger partial charge in [-0.2, -0.15) is 0 Å². The molecule has 0 amide bonds. The molecule has 2 atom stereocenters. The third kappa shape index (κ3) is 7.16. The monoisotopic (exact) mass is 266 g/mol. The van der Waals surface area contributed by atoms with E-state index >= 15 is 0 Å². The first-order valence-electron chi connectivity index (χ1n) is 7.09. The zero-order chi connectivity index (χ0) is 14.3. The van der Waals surface area contributed by atoms with Crippen LogP contribution < -0.4 is 0 Å². The van der Waals surface area contributed by atoms with Crippen molar-refractivity contribution in [1.82, 2.24) is 0 Å². The molecule has 1 aliphatic rings. The van der Waals surface area contributed by atoms with Crippen LogP contribution in [0.3, 0.4) is 0 Å². The van der Waals surface area contributed by atoms with Crippen LogP contribution in [0.4, 0.5) is 0 Å². The SMILES string of the molecule is COC(=O)/C=C(\C)CC/C=C(\C)CCCC1OC1C. The van der Waals surface area contributed by atoms with Gasteiger partial charge in [0.05, 0.1) is 19.3 Å². The lowest BCUT2D eigenvalue weighted by atomic mass is 10.0. The van der Waals surface area contributed by atoms with Crippen molar-refractivity contribution in [1.29, 1.82) is 0 Å². The molecule has 2 unspecified atom stereocenters. The van der Waals surface area contributed by atoms with E-state index in [9.17, 15) is 4.79 Å². The smallest absolute Gasteiger partial charge is 0.330 e. The molecular formula is C16H26O3. The van der Waals surface area contributed by atoms with E-state index in [2.05, 4.69) is 24.7 Å². The van der Waals surface area contributed by atoms with Crippen molar-refractivity contribution in [3.05, 3.63) is 23.3 Å². The van der Waals surface area contributed by atoms with Crippen LogP contribution in [0.1, 0.15) is 52.9 Å². The lowest BCUT2D eigenvalue weighted by Gasteiger charge is -2.02. The number of allylic oxidation sites excluding steroid dienone is 3. The number of hydrogen-bond donors (Lipinski definition) is 0. The molecule has 3 nitrogen and oxygen atoms in total. The van der Waals surface area contributed by atoms with Crippen LogP contribution in [0, 0.1) is 0 Å². The second-order valence-corrected chi connectivity index (χ2v) is 5.37. The number of epoxide rings is 1. The van der Waals surface area contributed by atoms with E-state index in [-0.39, 0.29) is 5.97 Å². The molecule has 0 aromatic rings. The lowest BCUT2D eigenvalue weighted by molar-refractivity contribution is -0.134. The fraction of sp³-hybridized carbons (Fsp3) is 0.688. The van der Waals surface area contributed by atoms with Crippen molar-refractivity contribution in [2.45, 2.75) is 65.1 Å². The van der Waals surface area contributed by atoms with E-state index in [1.54, 1.807) is 6.08 Å². The first-order chi connectivity index (χ1) is 9.02. The summed E-state index contributed by atoms with van der Waals surface area (Å²) in [6, 6.07) is 0. The van der Waals surface area contributed by atoms with Gasteiger partial charge in [-0.3, -0.25) is 0 Å². The van der Waals surface area contributed by atoms with E-state index in [1.165, 1.54) is 25.5 Å². The summed E-state index contributed by atoms with van der Waals surface area (Å²) in [5, 5.41) is 0. The Bertz CT molecular complexity index is 355. The van der Waals surface area contributed by atoms with Gasteiger partial charge in [0.15, 0.2) is 0 Å². The van der Waals surface area contributed by atoms with Gasteiger partial charge in [0.2, 0.25) is 0 Å². The van der Waals surface area contributed by atoms with Gasteiger partial charge in [-0.15, -0.1) is 0 Å². The Balaban J connectivity index is 2.13. The molecule has 1 heterocycles. The number of carbonyl (C=O) groups is 1. The molecule has 0 N–H and O–H groups in total. The molecule has 1 aliphatic heterocycles. The van der Waals surface area contributed by atoms with Gasteiger partial charge in [-0.05, 0) is 52.9 Å². The van der Waals surface area contributed by atoms with Gasteiger partial charge in [-0.1, -0.05) is 17.2 Å². The molecule has 1 rings (SSSR count). The number of hydrogen-bond acceptors (Lipinski definition) is 3. The second-order valence-electron chi connectivity index (χ2n) is 5.37. The van der Waals surface area contributed by atoms with Crippen molar-refractivity contribution < 1.29 is 14.3 Å². The Labute approximate surface area is 116 Å². The van der Waals surface area contributed by atoms with E-state index < -0.39 is 0 Å². The van der Waals surface area contributed by atoms with Crippen LogP contribution in [0.25, 0.3) is 0 Å². The second kappa shape index (κ2) is 8.16. The van der Waals surface area contributed by atoms with Crippen molar-refractivity contribution in [2.75, 3.05) is 7.11 Å². The third-order valence-electron chi connectivity index (χ3n) is 3.49. The molecular weight excluding hydrogens is 240 g/mol. The highest BCUT2D eigenvalue weighted by Crippen LogP contribution is 2.26. The molecule has 0 radical (unpaired) electrons. The fourth-order valence-electron chi connectivity index (χ4n) is 2.10. The summed E-state index contributed by atoms with van der Waals surface area (Å²) in [4.78, 5) is 11.0. The van der Waals surface area contributed by atoms with E-state index in [1.807, 2.05) is 6.92 Å². The van der Waals surface area contributed by atoms with Crippen molar-refractivity contribution in [3.8, 4) is 0 Å². The van der Waals surface area contributed by atoms with Crippen LogP contribution in [0.15, 0.2) is 23.3 Å². The first kappa shape index (κ1) is 16.0. The van der Waals surface area contributed by atoms with Crippen molar-refractivity contribution in [2.24, 2.45) is 0 Å². The maximum atomic E-state index is 11.0. The summed E-state index contributed by atoms with van der Waals surface area (Å²) in [7, 11) is 1.40. The van der Waals surface area contributed by atoms with Crippen LogP contribution in [0.5, 0.6) is 0 Å². The minimum Gasteiger partial charge on any atom is -0.466 e. The van der Waals surface area contributed by atoms with Crippen LogP contribution >= 0.6 is 0 Å².